The van der Waals surface area contributed by atoms with Gasteiger partial charge in [0.2, 0.25) is 0 Å². The number of nitrogens with zero attached hydrogens (tertiary/aromatic N) is 2. The topological polar surface area (TPSA) is 147 Å². The highest BCUT2D eigenvalue weighted by Gasteiger charge is 2.31. The first-order valence-electron chi connectivity index (χ1n) is 17.4. The number of sulfonamides is 1. The number of carbonyl (C=O) groups is 2. The van der Waals surface area contributed by atoms with Crippen molar-refractivity contribution in [1.82, 2.24) is 15.1 Å². The number of ether oxygens (including phenoxy) is 3. The van der Waals surface area contributed by atoms with Crippen molar-refractivity contribution in [2.75, 3.05) is 45.2 Å². The second-order valence-electron chi connectivity index (χ2n) is 13.5. The molecular weight excluding hydrogens is 648 g/mol. The minimum absolute atomic E-state index is 0.0392. The van der Waals surface area contributed by atoms with E-state index in [1.165, 1.54) is 31.7 Å². The Labute approximate surface area is 291 Å². The second-order valence-corrected chi connectivity index (χ2v) is 15.1. The van der Waals surface area contributed by atoms with Crippen LogP contribution >= 0.6 is 0 Å². The van der Waals surface area contributed by atoms with Crippen molar-refractivity contribution in [2.45, 2.75) is 101 Å². The highest BCUT2D eigenvalue weighted by atomic mass is 32.2. The van der Waals surface area contributed by atoms with Gasteiger partial charge in [-0.1, -0.05) is 26.2 Å². The van der Waals surface area contributed by atoms with Crippen LogP contribution in [-0.2, 0) is 14.8 Å². The summed E-state index contributed by atoms with van der Waals surface area (Å²) in [6, 6.07) is 10.1. The van der Waals surface area contributed by atoms with E-state index in [4.69, 9.17) is 14.2 Å². The molecule has 0 aromatic heterocycles. The van der Waals surface area contributed by atoms with Gasteiger partial charge in [0.15, 0.2) is 0 Å². The van der Waals surface area contributed by atoms with Gasteiger partial charge in [-0.2, -0.15) is 0 Å². The van der Waals surface area contributed by atoms with E-state index in [2.05, 4.69) is 10.0 Å². The lowest BCUT2D eigenvalue weighted by Crippen LogP contribution is -2.50. The van der Waals surface area contributed by atoms with E-state index in [-0.39, 0.29) is 59.5 Å². The summed E-state index contributed by atoms with van der Waals surface area (Å²) in [6.45, 7) is 6.43. The second kappa shape index (κ2) is 17.9. The molecule has 3 N–H and O–H groups in total. The predicted octanol–water partition coefficient (Wildman–Crippen LogP) is 5.27. The molecule has 13 heteroatoms. The van der Waals surface area contributed by atoms with E-state index in [1.54, 1.807) is 48.0 Å². The molecule has 0 bridgehead atoms. The molecule has 4 rings (SSSR count). The van der Waals surface area contributed by atoms with Crippen LogP contribution in [0.5, 0.6) is 11.5 Å². The molecule has 49 heavy (non-hydrogen) atoms. The van der Waals surface area contributed by atoms with Crippen molar-refractivity contribution in [2.24, 2.45) is 5.92 Å². The summed E-state index contributed by atoms with van der Waals surface area (Å²) >= 11 is 0. The number of aliphatic hydroxyl groups excluding tert-OH is 1. The van der Waals surface area contributed by atoms with Gasteiger partial charge < -0.3 is 34.4 Å². The fraction of sp³-hybridized carbons (Fsp3) is 0.611. The van der Waals surface area contributed by atoms with Crippen LogP contribution in [0.4, 0.5) is 10.5 Å². The van der Waals surface area contributed by atoms with Crippen LogP contribution in [0.1, 0.15) is 82.5 Å². The number of rotatable bonds is 9. The molecule has 4 atom stereocenters. The summed E-state index contributed by atoms with van der Waals surface area (Å²) < 4.78 is 46.9. The minimum Gasteiger partial charge on any atom is -0.497 e. The Hall–Kier alpha value is -3.55. The van der Waals surface area contributed by atoms with E-state index in [0.717, 1.165) is 38.5 Å². The number of amides is 3. The normalized spacial score (nSPS) is 22.2. The van der Waals surface area contributed by atoms with E-state index in [0.29, 0.717) is 31.1 Å². The number of carbonyl (C=O) groups excluding carboxylic acids is 2. The smallest absolute Gasteiger partial charge is 0.317 e. The third kappa shape index (κ3) is 10.7. The maximum atomic E-state index is 14.4. The quantitative estimate of drug-likeness (QED) is 0.321. The Kier molecular flexibility index (Phi) is 14.0. The summed E-state index contributed by atoms with van der Waals surface area (Å²) in [7, 11) is -0.718. The van der Waals surface area contributed by atoms with Gasteiger partial charge in [0, 0.05) is 44.4 Å². The Bertz CT molecular complexity index is 1480. The third-order valence-corrected chi connectivity index (χ3v) is 10.8. The molecular formula is C36H54N4O8S. The lowest BCUT2D eigenvalue weighted by atomic mass is 9.96. The van der Waals surface area contributed by atoms with Gasteiger partial charge in [-0.3, -0.25) is 9.52 Å². The molecule has 272 valence electrons. The van der Waals surface area contributed by atoms with Crippen LogP contribution in [0, 0.1) is 5.92 Å². The Morgan fingerprint density at radius 2 is 1.76 bits per heavy atom. The zero-order chi connectivity index (χ0) is 35.6. The standard InChI is InChI=1S/C36H54N4O8S/c1-25-22-40(26(2)24-41)35(42)32-21-29(38-49(44,45)31-17-15-30(46-5)16-18-31)14-19-33(32)48-27(3)11-9-10-20-47-34(25)23-39(4)36(43)37-28-12-7-6-8-13-28/h14-19,21,25-28,34,38,41H,6-13,20,22-24H2,1-5H3,(H,37,43)/t25-,26+,27+,34+/m1/s1. The number of nitrogens with one attached hydrogen (secondary N) is 2. The van der Waals surface area contributed by atoms with Gasteiger partial charge in [-0.15, -0.1) is 0 Å². The average Bonchev–Trinajstić information content (AvgIpc) is 3.09. The molecule has 1 heterocycles. The SMILES string of the molecule is COc1ccc(S(=O)(=O)Nc2ccc3c(c2)C(=O)N([C@@H](C)CO)C[C@@H](C)[C@H](CN(C)C(=O)NC2CCCCC2)OCCCC[C@H](C)O3)cc1. The van der Waals surface area contributed by atoms with Crippen molar-refractivity contribution in [1.29, 1.82) is 0 Å². The molecule has 2 aromatic carbocycles. The first kappa shape index (κ1) is 38.3. The number of hydrogen-bond acceptors (Lipinski definition) is 8. The molecule has 0 unspecified atom stereocenters. The summed E-state index contributed by atoms with van der Waals surface area (Å²) in [5.74, 6) is 0.222. The molecule has 1 aliphatic heterocycles. The summed E-state index contributed by atoms with van der Waals surface area (Å²) in [5.41, 5.74) is 0.365. The van der Waals surface area contributed by atoms with E-state index >= 15 is 0 Å². The zero-order valence-electron chi connectivity index (χ0n) is 29.5. The van der Waals surface area contributed by atoms with E-state index < -0.39 is 22.0 Å². The molecule has 0 radical (unpaired) electrons. The molecule has 1 aliphatic carbocycles. The number of aliphatic hydroxyl groups is 1. The number of fused-ring (bicyclic) bond motifs is 1. The summed E-state index contributed by atoms with van der Waals surface area (Å²) in [6.07, 6.45) is 7.14. The van der Waals surface area contributed by atoms with Crippen molar-refractivity contribution in [3.05, 3.63) is 48.0 Å². The van der Waals surface area contributed by atoms with Crippen LogP contribution in [-0.4, -0.2) is 100 Å². The first-order chi connectivity index (χ1) is 23.4. The molecule has 3 amide bonds. The van der Waals surface area contributed by atoms with E-state index in [1.807, 2.05) is 13.8 Å². The molecule has 0 saturated heterocycles. The molecule has 2 aromatic rings. The Balaban J connectivity index is 1.61. The van der Waals surface area contributed by atoms with Crippen LogP contribution in [0.3, 0.4) is 0 Å². The monoisotopic (exact) mass is 702 g/mol. The fourth-order valence-electron chi connectivity index (χ4n) is 6.30. The maximum absolute atomic E-state index is 14.4. The molecule has 1 saturated carbocycles. The highest BCUT2D eigenvalue weighted by molar-refractivity contribution is 7.92. The van der Waals surface area contributed by atoms with E-state index in [9.17, 15) is 23.1 Å². The van der Waals surface area contributed by atoms with Gasteiger partial charge >= 0.3 is 6.03 Å². The van der Waals surface area contributed by atoms with Crippen LogP contribution in [0.25, 0.3) is 0 Å². The van der Waals surface area contributed by atoms with Crippen molar-refractivity contribution in [3.8, 4) is 11.5 Å². The van der Waals surface area contributed by atoms with Gasteiger partial charge in [0.25, 0.3) is 15.9 Å². The lowest BCUT2D eigenvalue weighted by molar-refractivity contribution is -0.0123. The van der Waals surface area contributed by atoms with Crippen LogP contribution < -0.4 is 19.5 Å². The van der Waals surface area contributed by atoms with Crippen molar-refractivity contribution < 1.29 is 37.3 Å². The Morgan fingerprint density at radius 1 is 1.06 bits per heavy atom. The number of likely N-dealkylation sites (N-methyl/N-ethyl adjacent to an activating group) is 1. The number of hydrogen-bond donors (Lipinski definition) is 3. The van der Waals surface area contributed by atoms with Crippen LogP contribution in [0.15, 0.2) is 47.4 Å². The first-order valence-corrected chi connectivity index (χ1v) is 18.9. The van der Waals surface area contributed by atoms with Crippen molar-refractivity contribution >= 4 is 27.6 Å². The van der Waals surface area contributed by atoms with Gasteiger partial charge in [-0.25, -0.2) is 13.2 Å². The highest BCUT2D eigenvalue weighted by Crippen LogP contribution is 2.30. The molecule has 0 spiro atoms. The predicted molar refractivity (Wildman–Crippen MR) is 189 cm³/mol. The van der Waals surface area contributed by atoms with Gasteiger partial charge in [0.1, 0.15) is 11.5 Å². The number of anilines is 1. The maximum Gasteiger partial charge on any atom is 0.317 e. The lowest BCUT2D eigenvalue weighted by Gasteiger charge is -2.36. The van der Waals surface area contributed by atoms with Gasteiger partial charge in [0.05, 0.1) is 42.4 Å². The number of benzene rings is 2. The van der Waals surface area contributed by atoms with Crippen LogP contribution in [0.2, 0.25) is 0 Å². The zero-order valence-corrected chi connectivity index (χ0v) is 30.3. The van der Waals surface area contributed by atoms with Crippen molar-refractivity contribution in [3.63, 3.8) is 0 Å². The summed E-state index contributed by atoms with van der Waals surface area (Å²) in [5, 5.41) is 13.4. The molecule has 2 aliphatic rings. The van der Waals surface area contributed by atoms with Gasteiger partial charge in [-0.05, 0) is 88.4 Å². The third-order valence-electron chi connectivity index (χ3n) is 9.41. The minimum atomic E-state index is -3.99. The average molecular weight is 703 g/mol. The number of urea groups is 1. The Morgan fingerprint density at radius 3 is 2.43 bits per heavy atom. The molecule has 12 nitrogen and oxygen atoms in total. The largest absolute Gasteiger partial charge is 0.497 e. The summed E-state index contributed by atoms with van der Waals surface area (Å²) in [4.78, 5) is 30.8. The number of methoxy groups -OCH3 is 1. The fourth-order valence-corrected chi connectivity index (χ4v) is 7.35. The molecule has 1 fully saturated rings.